The minimum Gasteiger partial charge on any atom is -0.0654 e. The van der Waals surface area contributed by atoms with Gasteiger partial charge in [0.1, 0.15) is 0 Å². The Bertz CT molecular complexity index is 928. The van der Waals surface area contributed by atoms with E-state index >= 15 is 0 Å². The third-order valence-electron chi connectivity index (χ3n) is 5.26. The second-order valence-corrected chi connectivity index (χ2v) is 6.97. The zero-order chi connectivity index (χ0) is 16.5. The third-order valence-corrected chi connectivity index (χ3v) is 5.26. The minimum absolute atomic E-state index is 1.14. The van der Waals surface area contributed by atoms with Gasteiger partial charge in [0.25, 0.3) is 0 Å². The molecule has 3 aromatic carbocycles. The molecule has 1 aliphatic carbocycles. The van der Waals surface area contributed by atoms with Gasteiger partial charge < -0.3 is 0 Å². The average Bonchev–Trinajstić information content (AvgIpc) is 3.05. The summed E-state index contributed by atoms with van der Waals surface area (Å²) in [4.78, 5) is 0. The topological polar surface area (TPSA) is 0 Å². The van der Waals surface area contributed by atoms with Gasteiger partial charge in [0.15, 0.2) is 0 Å². The van der Waals surface area contributed by atoms with Gasteiger partial charge in [-0.05, 0) is 70.8 Å². The van der Waals surface area contributed by atoms with Crippen LogP contribution in [0.5, 0.6) is 0 Å². The Balaban J connectivity index is 1.81. The molecule has 3 aromatic rings. The fourth-order valence-corrected chi connectivity index (χ4v) is 3.83. The van der Waals surface area contributed by atoms with Gasteiger partial charge in [0, 0.05) is 0 Å². The molecule has 0 N–H and O–H groups in total. The molecule has 0 atom stereocenters. The predicted molar refractivity (Wildman–Crippen MR) is 105 cm³/mol. The Morgan fingerprint density at radius 3 is 2.58 bits per heavy atom. The van der Waals surface area contributed by atoms with E-state index in [2.05, 4.69) is 74.5 Å². The van der Waals surface area contributed by atoms with Crippen LogP contribution < -0.4 is 0 Å². The highest BCUT2D eigenvalue weighted by atomic mass is 14.2. The van der Waals surface area contributed by atoms with E-state index in [0.717, 1.165) is 6.42 Å². The largest absolute Gasteiger partial charge is 0.0654 e. The van der Waals surface area contributed by atoms with E-state index < -0.39 is 0 Å². The molecule has 0 heteroatoms. The quantitative estimate of drug-likeness (QED) is 0.489. The van der Waals surface area contributed by atoms with Crippen molar-refractivity contribution in [3.8, 4) is 11.1 Å². The van der Waals surface area contributed by atoms with Crippen molar-refractivity contribution in [3.63, 3.8) is 0 Å². The summed E-state index contributed by atoms with van der Waals surface area (Å²) in [5, 5.41) is 2.63. The van der Waals surface area contributed by atoms with Gasteiger partial charge in [-0.2, -0.15) is 0 Å². The standard InChI is InChI=1S/C24H24/c1-3-4-7-18-14-23-17(2)10-13-22(24(23)15-18)21-12-11-19-8-5-6-9-20(19)16-21/h5-6,8-13,15-16H,3-4,7,14H2,1-2H3. The first-order chi connectivity index (χ1) is 11.8. The Morgan fingerprint density at radius 1 is 0.917 bits per heavy atom. The van der Waals surface area contributed by atoms with Crippen molar-refractivity contribution in [2.45, 2.75) is 39.5 Å². The SMILES string of the molecule is CCCCC1=Cc2c(-c3ccc4ccccc4c3)ccc(C)c2C1. The first-order valence-electron chi connectivity index (χ1n) is 9.07. The van der Waals surface area contributed by atoms with E-state index in [4.69, 9.17) is 0 Å². The lowest BCUT2D eigenvalue weighted by Crippen LogP contribution is -1.92. The molecular weight excluding hydrogens is 288 g/mol. The Kier molecular flexibility index (Phi) is 3.98. The van der Waals surface area contributed by atoms with Crippen LogP contribution in [0.25, 0.3) is 28.0 Å². The van der Waals surface area contributed by atoms with Crippen LogP contribution in [0.4, 0.5) is 0 Å². The number of fused-ring (bicyclic) bond motifs is 2. The van der Waals surface area contributed by atoms with Gasteiger partial charge in [-0.3, -0.25) is 0 Å². The van der Waals surface area contributed by atoms with Crippen LogP contribution in [-0.2, 0) is 6.42 Å². The lowest BCUT2D eigenvalue weighted by atomic mass is 9.93. The molecule has 1 aliphatic rings. The first kappa shape index (κ1) is 15.2. The highest BCUT2D eigenvalue weighted by Gasteiger charge is 2.18. The number of hydrogen-bond donors (Lipinski definition) is 0. The van der Waals surface area contributed by atoms with Crippen LogP contribution in [0.2, 0.25) is 0 Å². The van der Waals surface area contributed by atoms with Crippen LogP contribution in [0.15, 0.2) is 60.2 Å². The molecule has 0 nitrogen and oxygen atoms in total. The minimum atomic E-state index is 1.14. The van der Waals surface area contributed by atoms with Crippen molar-refractivity contribution in [3.05, 3.63) is 76.9 Å². The molecule has 0 unspecified atom stereocenters. The van der Waals surface area contributed by atoms with Crippen LogP contribution in [0.1, 0.15) is 42.9 Å². The summed E-state index contributed by atoms with van der Waals surface area (Å²) in [5.41, 5.74) is 8.73. The van der Waals surface area contributed by atoms with Crippen LogP contribution >= 0.6 is 0 Å². The maximum Gasteiger partial charge on any atom is -0.00550 e. The predicted octanol–water partition coefficient (Wildman–Crippen LogP) is 6.94. The molecule has 0 aromatic heterocycles. The zero-order valence-electron chi connectivity index (χ0n) is 14.6. The van der Waals surface area contributed by atoms with E-state index in [1.165, 1.54) is 57.9 Å². The highest BCUT2D eigenvalue weighted by Crippen LogP contribution is 2.38. The molecule has 120 valence electrons. The van der Waals surface area contributed by atoms with Gasteiger partial charge in [-0.15, -0.1) is 0 Å². The number of hydrogen-bond acceptors (Lipinski definition) is 0. The molecule has 4 rings (SSSR count). The number of aryl methyl sites for hydroxylation is 1. The van der Waals surface area contributed by atoms with Crippen molar-refractivity contribution < 1.29 is 0 Å². The summed E-state index contributed by atoms with van der Waals surface area (Å²) in [6, 6.07) is 20.0. The maximum absolute atomic E-state index is 2.46. The molecule has 24 heavy (non-hydrogen) atoms. The zero-order valence-corrected chi connectivity index (χ0v) is 14.6. The lowest BCUT2D eigenvalue weighted by molar-refractivity contribution is 0.779. The summed E-state index contributed by atoms with van der Waals surface area (Å²) >= 11 is 0. The van der Waals surface area contributed by atoms with Crippen molar-refractivity contribution in [2.75, 3.05) is 0 Å². The fourth-order valence-electron chi connectivity index (χ4n) is 3.83. The highest BCUT2D eigenvalue weighted by molar-refractivity contribution is 5.90. The van der Waals surface area contributed by atoms with Crippen molar-refractivity contribution in [1.82, 2.24) is 0 Å². The van der Waals surface area contributed by atoms with Gasteiger partial charge >= 0.3 is 0 Å². The Morgan fingerprint density at radius 2 is 1.75 bits per heavy atom. The molecular formula is C24H24. The van der Waals surface area contributed by atoms with Crippen molar-refractivity contribution in [2.24, 2.45) is 0 Å². The van der Waals surface area contributed by atoms with Gasteiger partial charge in [0.2, 0.25) is 0 Å². The smallest absolute Gasteiger partial charge is 0.00550 e. The second-order valence-electron chi connectivity index (χ2n) is 6.97. The van der Waals surface area contributed by atoms with Crippen LogP contribution in [0.3, 0.4) is 0 Å². The van der Waals surface area contributed by atoms with Gasteiger partial charge in [-0.1, -0.05) is 73.5 Å². The first-order valence-corrected chi connectivity index (χ1v) is 9.07. The molecule has 0 radical (unpaired) electrons. The monoisotopic (exact) mass is 312 g/mol. The van der Waals surface area contributed by atoms with Gasteiger partial charge in [0.05, 0.1) is 0 Å². The summed E-state index contributed by atoms with van der Waals surface area (Å²) in [5.74, 6) is 0. The van der Waals surface area contributed by atoms with Crippen molar-refractivity contribution >= 4 is 16.8 Å². The van der Waals surface area contributed by atoms with E-state index in [-0.39, 0.29) is 0 Å². The number of benzene rings is 3. The Hall–Kier alpha value is -2.34. The molecule has 0 saturated heterocycles. The lowest BCUT2D eigenvalue weighted by Gasteiger charge is -2.11. The molecule has 0 spiro atoms. The summed E-state index contributed by atoms with van der Waals surface area (Å²) in [6.45, 7) is 4.52. The number of unbranched alkanes of at least 4 members (excludes halogenated alkanes) is 1. The third kappa shape index (κ3) is 2.67. The average molecular weight is 312 g/mol. The normalized spacial score (nSPS) is 13.2. The van der Waals surface area contributed by atoms with Crippen LogP contribution in [0, 0.1) is 6.92 Å². The van der Waals surface area contributed by atoms with Crippen LogP contribution in [-0.4, -0.2) is 0 Å². The number of allylic oxidation sites excluding steroid dienone is 1. The molecule has 0 fully saturated rings. The van der Waals surface area contributed by atoms with Crippen molar-refractivity contribution in [1.29, 1.82) is 0 Å². The van der Waals surface area contributed by atoms with Gasteiger partial charge in [-0.25, -0.2) is 0 Å². The molecule has 0 saturated carbocycles. The fraction of sp³-hybridized carbons (Fsp3) is 0.250. The number of rotatable bonds is 4. The maximum atomic E-state index is 2.46. The molecule has 0 aliphatic heterocycles. The Labute approximate surface area is 144 Å². The molecule has 0 bridgehead atoms. The summed E-state index contributed by atoms with van der Waals surface area (Å²) < 4.78 is 0. The molecule has 0 amide bonds. The summed E-state index contributed by atoms with van der Waals surface area (Å²) in [6.07, 6.45) is 7.40. The van der Waals surface area contributed by atoms with E-state index in [1.54, 1.807) is 5.57 Å². The van der Waals surface area contributed by atoms with E-state index in [9.17, 15) is 0 Å². The second kappa shape index (κ2) is 6.28. The van der Waals surface area contributed by atoms with E-state index in [1.807, 2.05) is 0 Å². The molecule has 0 heterocycles. The summed E-state index contributed by atoms with van der Waals surface area (Å²) in [7, 11) is 0. The van der Waals surface area contributed by atoms with E-state index in [0.29, 0.717) is 0 Å².